The fourth-order valence-corrected chi connectivity index (χ4v) is 3.84. The maximum absolute atomic E-state index is 12.8. The number of sulfonamides is 1. The molecule has 0 bridgehead atoms. The Morgan fingerprint density at radius 2 is 1.86 bits per heavy atom. The molecule has 1 N–H and O–H groups in total. The number of anilines is 1. The Labute approximate surface area is 157 Å². The van der Waals surface area contributed by atoms with Crippen molar-refractivity contribution >= 4 is 32.3 Å². The largest absolute Gasteiger partial charge is 0.416 e. The lowest BCUT2D eigenvalue weighted by atomic mass is 10.1. The number of fused-ring (bicyclic) bond motifs is 1. The van der Waals surface area contributed by atoms with E-state index in [9.17, 15) is 31.7 Å². The molecule has 0 spiro atoms. The van der Waals surface area contributed by atoms with Gasteiger partial charge in [0.15, 0.2) is 4.90 Å². The minimum Gasteiger partial charge on any atom is -0.277 e. The predicted molar refractivity (Wildman–Crippen MR) is 95.4 cm³/mol. The second kappa shape index (κ2) is 6.75. The predicted octanol–water partition coefficient (Wildman–Crippen LogP) is 4.27. The molecule has 0 saturated carbocycles. The van der Waals surface area contributed by atoms with Crippen molar-refractivity contribution in [2.24, 2.45) is 0 Å². The van der Waals surface area contributed by atoms with Gasteiger partial charge in [0.25, 0.3) is 15.7 Å². The number of nitrogens with zero attached hydrogens (tertiary/aromatic N) is 2. The second-order valence-corrected chi connectivity index (χ2v) is 7.58. The summed E-state index contributed by atoms with van der Waals surface area (Å²) in [6, 6.07) is 7.66. The van der Waals surface area contributed by atoms with Crippen LogP contribution in [-0.4, -0.2) is 18.3 Å². The summed E-state index contributed by atoms with van der Waals surface area (Å²) in [5.74, 6) is 0. The third kappa shape index (κ3) is 3.74. The number of halogens is 3. The number of alkyl halides is 3. The van der Waals surface area contributed by atoms with Crippen molar-refractivity contribution in [3.63, 3.8) is 0 Å². The van der Waals surface area contributed by atoms with Gasteiger partial charge in [-0.3, -0.25) is 19.8 Å². The molecule has 0 saturated heterocycles. The monoisotopic (exact) mass is 411 g/mol. The minimum atomic E-state index is -4.85. The van der Waals surface area contributed by atoms with Crippen LogP contribution >= 0.6 is 0 Å². The first kappa shape index (κ1) is 19.5. The molecule has 0 unspecified atom stereocenters. The number of para-hydroxylation sites is 1. The SMILES string of the molecule is Cc1cnc2c(NS(=O)(=O)c3ccc(C(F)(F)F)cc3[N+](=O)[O-])cccc2c1. The topological polar surface area (TPSA) is 102 Å². The number of nitrogens with one attached hydrogen (secondary N) is 1. The van der Waals surface area contributed by atoms with E-state index in [1.165, 1.54) is 12.3 Å². The third-order valence-electron chi connectivity index (χ3n) is 3.86. The number of benzene rings is 2. The van der Waals surface area contributed by atoms with Crippen molar-refractivity contribution in [3.8, 4) is 0 Å². The maximum atomic E-state index is 12.8. The smallest absolute Gasteiger partial charge is 0.277 e. The van der Waals surface area contributed by atoms with Gasteiger partial charge < -0.3 is 0 Å². The highest BCUT2D eigenvalue weighted by Crippen LogP contribution is 2.35. The van der Waals surface area contributed by atoms with E-state index in [0.29, 0.717) is 23.0 Å². The Hall–Kier alpha value is -3.21. The lowest BCUT2D eigenvalue weighted by molar-refractivity contribution is -0.388. The number of hydrogen-bond donors (Lipinski definition) is 1. The second-order valence-electron chi connectivity index (χ2n) is 5.93. The molecular weight excluding hydrogens is 399 g/mol. The van der Waals surface area contributed by atoms with Crippen LogP contribution in [0.3, 0.4) is 0 Å². The van der Waals surface area contributed by atoms with Gasteiger partial charge in [-0.2, -0.15) is 13.2 Å². The highest BCUT2D eigenvalue weighted by Gasteiger charge is 2.35. The van der Waals surface area contributed by atoms with Crippen molar-refractivity contribution in [1.82, 2.24) is 4.98 Å². The third-order valence-corrected chi connectivity index (χ3v) is 5.28. The molecule has 0 amide bonds. The van der Waals surface area contributed by atoms with E-state index in [0.717, 1.165) is 5.56 Å². The van der Waals surface area contributed by atoms with E-state index in [2.05, 4.69) is 9.71 Å². The van der Waals surface area contributed by atoms with Gasteiger partial charge in [-0.25, -0.2) is 8.42 Å². The Kier molecular flexibility index (Phi) is 4.71. The van der Waals surface area contributed by atoms with Gasteiger partial charge in [0.2, 0.25) is 0 Å². The maximum Gasteiger partial charge on any atom is 0.416 e. The van der Waals surface area contributed by atoms with Crippen LogP contribution in [0.1, 0.15) is 11.1 Å². The molecule has 0 atom stereocenters. The van der Waals surface area contributed by atoms with Gasteiger partial charge in [0.05, 0.1) is 21.7 Å². The van der Waals surface area contributed by atoms with E-state index >= 15 is 0 Å². The summed E-state index contributed by atoms with van der Waals surface area (Å²) in [6.07, 6.45) is -3.33. The lowest BCUT2D eigenvalue weighted by Crippen LogP contribution is -2.16. The van der Waals surface area contributed by atoms with Crippen LogP contribution in [0.5, 0.6) is 0 Å². The summed E-state index contributed by atoms with van der Waals surface area (Å²) >= 11 is 0. The van der Waals surface area contributed by atoms with E-state index < -0.39 is 37.3 Å². The van der Waals surface area contributed by atoms with Gasteiger partial charge >= 0.3 is 6.18 Å². The molecule has 0 aliphatic heterocycles. The molecule has 1 aromatic heterocycles. The molecule has 11 heteroatoms. The van der Waals surface area contributed by atoms with Crippen LogP contribution < -0.4 is 4.72 Å². The first-order valence-corrected chi connectivity index (χ1v) is 9.21. The summed E-state index contributed by atoms with van der Waals surface area (Å²) in [6.45, 7) is 1.80. The summed E-state index contributed by atoms with van der Waals surface area (Å²) < 4.78 is 66.0. The molecule has 0 aliphatic carbocycles. The zero-order chi connectivity index (χ0) is 20.7. The molecule has 7 nitrogen and oxygen atoms in total. The van der Waals surface area contributed by atoms with Crippen LogP contribution in [0.4, 0.5) is 24.5 Å². The van der Waals surface area contributed by atoms with Crippen LogP contribution in [0.2, 0.25) is 0 Å². The van der Waals surface area contributed by atoms with Crippen LogP contribution in [0.15, 0.2) is 53.6 Å². The van der Waals surface area contributed by atoms with Crippen LogP contribution in [0.25, 0.3) is 10.9 Å². The number of nitro groups is 1. The van der Waals surface area contributed by atoms with Crippen LogP contribution in [-0.2, 0) is 16.2 Å². The van der Waals surface area contributed by atoms with E-state index in [1.807, 2.05) is 0 Å². The number of hydrogen-bond acceptors (Lipinski definition) is 5. The number of aryl methyl sites for hydroxylation is 1. The fourth-order valence-electron chi connectivity index (χ4n) is 2.62. The van der Waals surface area contributed by atoms with Crippen molar-refractivity contribution in [2.75, 3.05) is 4.72 Å². The van der Waals surface area contributed by atoms with Gasteiger partial charge in [-0.05, 0) is 36.8 Å². The number of pyridine rings is 1. The van der Waals surface area contributed by atoms with E-state index in [1.54, 1.807) is 25.1 Å². The molecule has 146 valence electrons. The van der Waals surface area contributed by atoms with Crippen molar-refractivity contribution in [3.05, 3.63) is 69.9 Å². The Balaban J connectivity index is 2.11. The van der Waals surface area contributed by atoms with Gasteiger partial charge in [-0.15, -0.1) is 0 Å². The standard InChI is InChI=1S/C17H12F3N3O4S/c1-10-7-11-3-2-4-13(16(11)21-9-10)22-28(26,27)15-6-5-12(17(18,19)20)8-14(15)23(24)25/h2-9,22H,1H3. The summed E-state index contributed by atoms with van der Waals surface area (Å²) in [5.41, 5.74) is -1.31. The van der Waals surface area contributed by atoms with E-state index in [4.69, 9.17) is 0 Å². The Morgan fingerprint density at radius 1 is 1.14 bits per heavy atom. The highest BCUT2D eigenvalue weighted by atomic mass is 32.2. The average Bonchev–Trinajstić information content (AvgIpc) is 2.60. The van der Waals surface area contributed by atoms with Gasteiger partial charge in [-0.1, -0.05) is 12.1 Å². The zero-order valence-corrected chi connectivity index (χ0v) is 15.0. The van der Waals surface area contributed by atoms with Gasteiger partial charge in [0.1, 0.15) is 0 Å². The van der Waals surface area contributed by atoms with Crippen LogP contribution in [0, 0.1) is 17.0 Å². The number of rotatable bonds is 4. The molecule has 1 heterocycles. The minimum absolute atomic E-state index is 0.0479. The first-order valence-electron chi connectivity index (χ1n) is 7.73. The van der Waals surface area contributed by atoms with Crippen molar-refractivity contribution < 1.29 is 26.5 Å². The molecule has 28 heavy (non-hydrogen) atoms. The van der Waals surface area contributed by atoms with Crippen molar-refractivity contribution in [2.45, 2.75) is 18.0 Å². The Morgan fingerprint density at radius 3 is 2.50 bits per heavy atom. The molecule has 3 aromatic rings. The number of aromatic nitrogens is 1. The average molecular weight is 411 g/mol. The summed E-state index contributed by atoms with van der Waals surface area (Å²) in [4.78, 5) is 13.3. The normalized spacial score (nSPS) is 12.1. The molecule has 3 rings (SSSR count). The summed E-state index contributed by atoms with van der Waals surface area (Å²) in [7, 11) is -4.55. The van der Waals surface area contributed by atoms with Crippen molar-refractivity contribution in [1.29, 1.82) is 0 Å². The quantitative estimate of drug-likeness (QED) is 0.510. The molecule has 0 fully saturated rings. The molecule has 0 radical (unpaired) electrons. The Bertz CT molecular complexity index is 1190. The fraction of sp³-hybridized carbons (Fsp3) is 0.118. The highest BCUT2D eigenvalue weighted by molar-refractivity contribution is 7.92. The zero-order valence-electron chi connectivity index (χ0n) is 14.2. The molecule has 2 aromatic carbocycles. The van der Waals surface area contributed by atoms with Gasteiger partial charge in [0, 0.05) is 17.6 Å². The summed E-state index contributed by atoms with van der Waals surface area (Å²) in [5, 5.41) is 11.8. The number of nitro benzene ring substituents is 1. The first-order chi connectivity index (χ1) is 13.0. The van der Waals surface area contributed by atoms with E-state index in [-0.39, 0.29) is 11.8 Å². The lowest BCUT2D eigenvalue weighted by Gasteiger charge is -2.12. The molecular formula is C17H12F3N3O4S. The molecule has 0 aliphatic rings.